The summed E-state index contributed by atoms with van der Waals surface area (Å²) in [7, 11) is 0. The van der Waals surface area contributed by atoms with Gasteiger partial charge >= 0.3 is 0 Å². The minimum absolute atomic E-state index is 0.630. The zero-order chi connectivity index (χ0) is 105. The predicted octanol–water partition coefficient (Wildman–Crippen LogP) is -20.8. The second-order valence-corrected chi connectivity index (χ2v) is 37.7. The second-order valence-electron chi connectivity index (χ2n) is 37.7. The van der Waals surface area contributed by atoms with E-state index in [1.807, 2.05) is 0 Å². The van der Waals surface area contributed by atoms with Crippen LogP contribution in [-0.4, -0.2) is 589 Å². The van der Waals surface area contributed by atoms with Gasteiger partial charge in [-0.15, -0.1) is 0 Å². The van der Waals surface area contributed by atoms with Gasteiger partial charge in [-0.05, 0) is 0 Å². The van der Waals surface area contributed by atoms with Gasteiger partial charge in [0.05, 0.1) is 104 Å². The fourth-order valence-electron chi connectivity index (χ4n) is 19.2. The van der Waals surface area contributed by atoms with Crippen LogP contribution in [0.5, 0.6) is 0 Å². The lowest BCUT2D eigenvalue weighted by Crippen LogP contribution is -2.71. The standard InChI is InChI=1S/C83H140N4O56/c1-21-45(100)29(9-88)126-76(49(21)104)121-17-37-47(102)23(3)51(106)78(134-37)123-19-39-56(111)68(140-80-52(107)24(4)48(103)38(135-80)18-122-77-50(105)22(2)46(101)30(10-89)127-77)44(87-28(8)99)75(133-39)138-66-35(15-94)132-74(43(59(66)114)86-27(7)98)142-70-62(117)54(109)32(12-91)130-82(70)141-69-57(112)40(20-124-79-64(119)61(116)53(108)31(11-90)128-79)136-83(71(69)143-81-63(118)55(110)33(13-92)129-81)139-67-36(16-95)131-73(42(60(67)115)85-26(6)97)137-65-34(14-93)125-72(120)41(58(65)113)84-25(5)96/h21-24,29-83,88-95,100-120H,9-20H2,1-8H3,(H,84,96)(H,85,97)(H,86,98)(H,87,99)/t21-,22-,23-,24-,29+,30+,31+,32+,33+,34+,35+,36+,37+,38+,39+,40+,41+,42+,43+,44+,45+,46+,47+,48+,49+,50+,51+,52+,53+,54+,55-,56-,57+,58+,59+,60+,61-,62-,63+,64-,65+,66+,67+,68+,69-,70-,71-,72?,73-,74-,75-,76+,77+,78+,79-,80-,81-,82+,83-/m0/s1. The summed E-state index contributed by atoms with van der Waals surface area (Å²) in [5.74, 6) is -8.17. The first-order valence-electron chi connectivity index (χ1n) is 46.9. The monoisotopic (exact) mass is 2090 g/mol. The smallest absolute Gasteiger partial charge is 0.217 e. The molecule has 12 aliphatic rings. The van der Waals surface area contributed by atoms with Crippen molar-refractivity contribution >= 4 is 23.6 Å². The van der Waals surface area contributed by atoms with Crippen molar-refractivity contribution in [1.82, 2.24) is 21.3 Å². The molecule has 12 aliphatic heterocycles. The van der Waals surface area contributed by atoms with Crippen molar-refractivity contribution in [3.05, 3.63) is 0 Å². The van der Waals surface area contributed by atoms with Crippen molar-refractivity contribution in [2.24, 2.45) is 23.7 Å². The van der Waals surface area contributed by atoms with Crippen LogP contribution in [0.15, 0.2) is 0 Å². The van der Waals surface area contributed by atoms with E-state index >= 15 is 0 Å². The van der Waals surface area contributed by atoms with Gasteiger partial charge in [0.2, 0.25) is 23.6 Å². The minimum Gasteiger partial charge on any atom is -0.394 e. The molecular formula is C83H140N4O56. The molecule has 33 N–H and O–H groups in total. The van der Waals surface area contributed by atoms with Crippen LogP contribution >= 0.6 is 0 Å². The van der Waals surface area contributed by atoms with Crippen molar-refractivity contribution < 1.29 is 276 Å². The van der Waals surface area contributed by atoms with Crippen LogP contribution in [-0.2, 0) is 128 Å². The largest absolute Gasteiger partial charge is 0.394 e. The molecule has 4 amide bonds. The van der Waals surface area contributed by atoms with E-state index < -0.39 is 464 Å². The molecule has 0 saturated carbocycles. The highest BCUT2D eigenvalue weighted by atomic mass is 16.8. The lowest BCUT2D eigenvalue weighted by molar-refractivity contribution is -0.407. The third-order valence-corrected chi connectivity index (χ3v) is 27.8. The molecule has 12 heterocycles. The fourth-order valence-corrected chi connectivity index (χ4v) is 19.2. The Labute approximate surface area is 814 Å². The summed E-state index contributed by atoms with van der Waals surface area (Å²) in [4.78, 5) is 53.0. The molecule has 828 valence electrons. The highest BCUT2D eigenvalue weighted by Crippen LogP contribution is 2.44. The third-order valence-electron chi connectivity index (χ3n) is 27.8. The maximum absolute atomic E-state index is 13.7. The molecule has 12 fully saturated rings. The van der Waals surface area contributed by atoms with Crippen LogP contribution in [0, 0.1) is 23.7 Å². The molecule has 0 bridgehead atoms. The van der Waals surface area contributed by atoms with E-state index in [1.54, 1.807) is 0 Å². The normalized spacial score (nSPS) is 50.1. The van der Waals surface area contributed by atoms with E-state index in [4.69, 9.17) is 109 Å². The Kier molecular flexibility index (Phi) is 42.3. The van der Waals surface area contributed by atoms with Gasteiger partial charge in [0.25, 0.3) is 0 Å². The van der Waals surface area contributed by atoms with Gasteiger partial charge in [0.1, 0.15) is 238 Å². The third kappa shape index (κ3) is 26.1. The minimum atomic E-state index is -2.57. The molecule has 60 heteroatoms. The van der Waals surface area contributed by atoms with Gasteiger partial charge < -0.3 is 278 Å². The Hall–Kier alpha value is -4.20. The molecule has 0 aliphatic carbocycles. The maximum atomic E-state index is 13.7. The zero-order valence-electron chi connectivity index (χ0n) is 78.5. The Morgan fingerprint density at radius 3 is 0.839 bits per heavy atom. The van der Waals surface area contributed by atoms with E-state index in [1.165, 1.54) is 27.7 Å². The van der Waals surface area contributed by atoms with Crippen molar-refractivity contribution in [3.63, 3.8) is 0 Å². The molecule has 0 aromatic rings. The lowest BCUT2D eigenvalue weighted by Gasteiger charge is -2.52. The molecular weight excluding hydrogens is 1950 g/mol. The van der Waals surface area contributed by atoms with Crippen LogP contribution in [0.1, 0.15) is 55.4 Å². The Balaban J connectivity index is 0.880. The highest BCUT2D eigenvalue weighted by Gasteiger charge is 2.63. The molecule has 12 saturated heterocycles. The lowest BCUT2D eigenvalue weighted by atomic mass is 9.89. The van der Waals surface area contributed by atoms with Crippen LogP contribution < -0.4 is 21.3 Å². The summed E-state index contributed by atoms with van der Waals surface area (Å²) in [6.07, 6.45) is -102. The molecule has 59 atom stereocenters. The molecule has 60 nitrogen and oxygen atoms in total. The van der Waals surface area contributed by atoms with Gasteiger partial charge in [0.15, 0.2) is 75.5 Å². The van der Waals surface area contributed by atoms with Gasteiger partial charge in [-0.25, -0.2) is 0 Å². The number of carbonyl (C=O) groups excluding carboxylic acids is 4. The predicted molar refractivity (Wildman–Crippen MR) is 448 cm³/mol. The molecule has 0 radical (unpaired) electrons. The molecule has 0 aromatic heterocycles. The summed E-state index contributed by atoms with van der Waals surface area (Å²) in [5, 5.41) is 339. The first-order chi connectivity index (χ1) is 67.7. The van der Waals surface area contributed by atoms with E-state index in [2.05, 4.69) is 21.3 Å². The average molecular weight is 2090 g/mol. The number of hydrogen-bond donors (Lipinski definition) is 33. The Morgan fingerprint density at radius 1 is 0.196 bits per heavy atom. The highest BCUT2D eigenvalue weighted by molar-refractivity contribution is 5.74. The van der Waals surface area contributed by atoms with Gasteiger partial charge in [-0.2, -0.15) is 0 Å². The second kappa shape index (κ2) is 51.5. The van der Waals surface area contributed by atoms with E-state index in [0.717, 1.165) is 27.7 Å². The van der Waals surface area contributed by atoms with Gasteiger partial charge in [0, 0.05) is 51.4 Å². The Morgan fingerprint density at radius 2 is 0.427 bits per heavy atom. The first-order valence-corrected chi connectivity index (χ1v) is 46.9. The quantitative estimate of drug-likeness (QED) is 0.0273. The number of aliphatic hydroxyl groups is 29. The zero-order valence-corrected chi connectivity index (χ0v) is 78.5. The van der Waals surface area contributed by atoms with Crippen molar-refractivity contribution in [2.45, 2.75) is 393 Å². The molecule has 143 heavy (non-hydrogen) atoms. The van der Waals surface area contributed by atoms with E-state index in [-0.39, 0.29) is 0 Å². The van der Waals surface area contributed by atoms with Crippen LogP contribution in [0.2, 0.25) is 0 Å². The fraction of sp³-hybridized carbons (Fsp3) is 0.952. The molecule has 0 aromatic carbocycles. The SMILES string of the molecule is CC(=O)N[C@H]1[C@H](O[C@@H]2[C@@H](O[C@H]3[C@H](O)[C@@H](CO[C@H]4O[C@H](CO)[C@@H](O)[C@H](O)[C@@H]4O)O[C@@H](O[C@H]4[C@H](O)[C@@H](NC(C)=O)[C@H](O[C@H]5[C@H](O)[C@@H](NC(C)=O)C(O)O[C@@H]5CO)O[C@@H]4CO)[C@H]3O[C@@H]3O[C@H](CO)[C@H](O)[C@H]3O)O[C@H](CO)[C@@H](O)[C@@H]2O)O[C@H](CO)[C@@H](O[C@@H]2O[C@H](CO[C@@H]3O[C@H](CO[C@@H]4O[C@H](CO)[C@H](O)[C@H](C)[C@H]4O)[C@H](O)[C@H](C)[C@H]3O)[C@H](O)[C@H](O[C@@H]3O[C@H](CO[C@@H]4O[C@H](CO)[C@H](O)[C@H](C)[C@H]4O)[C@H](O)[C@H](C)[C@H]3O)[C@H]2NC(C)=O)[C@@H]1O. The number of rotatable bonds is 38. The van der Waals surface area contributed by atoms with E-state index in [9.17, 15) is 167 Å². The van der Waals surface area contributed by atoms with Gasteiger partial charge in [-0.1, -0.05) is 27.7 Å². The van der Waals surface area contributed by atoms with Crippen LogP contribution in [0.25, 0.3) is 0 Å². The number of nitrogens with one attached hydrogen (secondary N) is 4. The summed E-state index contributed by atoms with van der Waals surface area (Å²) in [5.41, 5.74) is 0. The average Bonchev–Trinajstić information content (AvgIpc) is 1.49. The summed E-state index contributed by atoms with van der Waals surface area (Å²) in [6.45, 7) is -2.50. The van der Waals surface area contributed by atoms with Crippen molar-refractivity contribution in [3.8, 4) is 0 Å². The van der Waals surface area contributed by atoms with Crippen molar-refractivity contribution in [2.75, 3.05) is 79.3 Å². The number of aliphatic hydroxyl groups excluding tert-OH is 29. The first kappa shape index (κ1) is 117. The summed E-state index contributed by atoms with van der Waals surface area (Å²) in [6, 6.07) is -7.86. The Bertz CT molecular complexity index is 3930. The number of ether oxygens (including phenoxy) is 23. The van der Waals surface area contributed by atoms with Crippen molar-refractivity contribution in [1.29, 1.82) is 0 Å². The molecule has 0 spiro atoms. The molecule has 12 rings (SSSR count). The summed E-state index contributed by atoms with van der Waals surface area (Å²) < 4.78 is 140. The van der Waals surface area contributed by atoms with Gasteiger partial charge in [-0.3, -0.25) is 19.2 Å². The summed E-state index contributed by atoms with van der Waals surface area (Å²) >= 11 is 0. The number of carbonyl (C=O) groups is 4. The maximum Gasteiger partial charge on any atom is 0.217 e. The molecule has 1 unspecified atom stereocenters. The van der Waals surface area contributed by atoms with Crippen LogP contribution in [0.4, 0.5) is 0 Å². The number of hydrogen-bond acceptors (Lipinski definition) is 56. The van der Waals surface area contributed by atoms with E-state index in [0.29, 0.717) is 0 Å². The topological polar surface area (TPSA) is 915 Å². The number of amides is 4. The van der Waals surface area contributed by atoms with Crippen LogP contribution in [0.3, 0.4) is 0 Å².